The maximum absolute atomic E-state index is 12.2. The second-order valence-electron chi connectivity index (χ2n) is 7.37. The van der Waals surface area contributed by atoms with Crippen molar-refractivity contribution in [3.63, 3.8) is 0 Å². The number of amides is 2. The molecule has 2 amide bonds. The summed E-state index contributed by atoms with van der Waals surface area (Å²) in [5.41, 5.74) is 7.11. The van der Waals surface area contributed by atoms with Crippen molar-refractivity contribution in [2.45, 2.75) is 62.9 Å². The molecule has 0 spiro atoms. The number of rotatable bonds is 5. The van der Waals surface area contributed by atoms with E-state index in [-0.39, 0.29) is 24.3 Å². The van der Waals surface area contributed by atoms with Crippen molar-refractivity contribution in [2.75, 3.05) is 0 Å². The lowest BCUT2D eigenvalue weighted by molar-refractivity contribution is -0.131. The summed E-state index contributed by atoms with van der Waals surface area (Å²) in [5, 5.41) is 11.7. The molecule has 4 aliphatic carbocycles. The molecular weight excluding hydrogens is 270 g/mol. The smallest absolute Gasteiger partial charge is 0.260 e. The number of nitrogens with one attached hydrogen (secondary N) is 2. The minimum absolute atomic E-state index is 0.00909. The second-order valence-corrected chi connectivity index (χ2v) is 7.37. The lowest BCUT2D eigenvalue weighted by Gasteiger charge is -2.57. The number of carbonyl (C=O) groups is 2. The van der Waals surface area contributed by atoms with E-state index >= 15 is 0 Å². The summed E-state index contributed by atoms with van der Waals surface area (Å²) in [6.07, 6.45) is 7.88. The van der Waals surface area contributed by atoms with Gasteiger partial charge in [-0.1, -0.05) is 0 Å². The van der Waals surface area contributed by atoms with Gasteiger partial charge in [-0.05, 0) is 62.7 Å². The van der Waals surface area contributed by atoms with Gasteiger partial charge < -0.3 is 11.1 Å². The second kappa shape index (κ2) is 5.57. The van der Waals surface area contributed by atoms with Gasteiger partial charge >= 0.3 is 0 Å². The molecule has 6 heteroatoms. The molecule has 4 saturated carbocycles. The van der Waals surface area contributed by atoms with Gasteiger partial charge in [0, 0.05) is 12.0 Å². The van der Waals surface area contributed by atoms with Gasteiger partial charge in [-0.25, -0.2) is 5.48 Å². The lowest BCUT2D eigenvalue weighted by Crippen LogP contribution is -2.59. The quantitative estimate of drug-likeness (QED) is 0.442. The molecule has 4 bridgehead atoms. The van der Waals surface area contributed by atoms with Crippen molar-refractivity contribution in [1.29, 1.82) is 0 Å². The van der Waals surface area contributed by atoms with E-state index in [2.05, 4.69) is 5.32 Å². The highest BCUT2D eigenvalue weighted by atomic mass is 16.5. The van der Waals surface area contributed by atoms with Crippen LogP contribution in [-0.2, 0) is 9.59 Å². The molecule has 0 radical (unpaired) electrons. The Hall–Kier alpha value is -1.14. The van der Waals surface area contributed by atoms with Crippen LogP contribution >= 0.6 is 0 Å². The molecule has 0 heterocycles. The van der Waals surface area contributed by atoms with Crippen LogP contribution in [0.15, 0.2) is 0 Å². The van der Waals surface area contributed by atoms with Gasteiger partial charge in [-0.2, -0.15) is 0 Å². The van der Waals surface area contributed by atoms with E-state index in [0.717, 1.165) is 37.0 Å². The molecule has 118 valence electrons. The first-order valence-corrected chi connectivity index (χ1v) is 8.00. The number of hydrogen-bond acceptors (Lipinski definition) is 4. The Morgan fingerprint density at radius 1 is 1.14 bits per heavy atom. The number of carbonyl (C=O) groups excluding carboxylic acids is 2. The third-order valence-electron chi connectivity index (χ3n) is 5.57. The topological polar surface area (TPSA) is 104 Å². The predicted molar refractivity (Wildman–Crippen MR) is 76.2 cm³/mol. The van der Waals surface area contributed by atoms with E-state index in [4.69, 9.17) is 10.9 Å². The number of hydroxylamine groups is 1. The van der Waals surface area contributed by atoms with E-state index in [1.165, 1.54) is 24.7 Å². The number of hydrogen-bond donors (Lipinski definition) is 4. The van der Waals surface area contributed by atoms with Crippen molar-refractivity contribution in [2.24, 2.45) is 23.5 Å². The van der Waals surface area contributed by atoms with Crippen LogP contribution in [0.2, 0.25) is 0 Å². The van der Waals surface area contributed by atoms with Crippen LogP contribution in [0.4, 0.5) is 0 Å². The fraction of sp³-hybridized carbons (Fsp3) is 0.867. The first-order valence-electron chi connectivity index (χ1n) is 8.00. The summed E-state index contributed by atoms with van der Waals surface area (Å²) in [4.78, 5) is 23.3. The van der Waals surface area contributed by atoms with Crippen LogP contribution in [0, 0.1) is 17.8 Å². The zero-order valence-corrected chi connectivity index (χ0v) is 12.3. The van der Waals surface area contributed by atoms with E-state index in [9.17, 15) is 9.59 Å². The molecule has 0 aliphatic heterocycles. The maximum Gasteiger partial charge on any atom is 0.260 e. The van der Waals surface area contributed by atoms with Crippen LogP contribution in [0.25, 0.3) is 0 Å². The Morgan fingerprint density at radius 3 is 2.14 bits per heavy atom. The minimum atomic E-state index is -0.836. The first-order chi connectivity index (χ1) is 9.99. The Labute approximate surface area is 124 Å². The Kier molecular flexibility index (Phi) is 3.92. The minimum Gasteiger partial charge on any atom is -0.351 e. The summed E-state index contributed by atoms with van der Waals surface area (Å²) in [6, 6.07) is -0.836. The highest BCUT2D eigenvalue weighted by Gasteiger charge is 2.51. The third-order valence-corrected chi connectivity index (χ3v) is 5.57. The molecule has 1 unspecified atom stereocenters. The van der Waals surface area contributed by atoms with Crippen molar-refractivity contribution in [3.8, 4) is 0 Å². The average Bonchev–Trinajstić information content (AvgIpc) is 2.41. The van der Waals surface area contributed by atoms with Gasteiger partial charge in [0.15, 0.2) is 0 Å². The number of nitrogens with two attached hydrogens (primary N) is 1. The lowest BCUT2D eigenvalue weighted by atomic mass is 9.53. The largest absolute Gasteiger partial charge is 0.351 e. The van der Waals surface area contributed by atoms with Gasteiger partial charge in [-0.15, -0.1) is 0 Å². The molecule has 4 aliphatic rings. The van der Waals surface area contributed by atoms with Crippen molar-refractivity contribution in [1.82, 2.24) is 10.8 Å². The Morgan fingerprint density at radius 2 is 1.67 bits per heavy atom. The molecule has 1 atom stereocenters. The standard InChI is InChI=1S/C15H25N3O3/c16-12(14(20)18-21)1-2-13(19)17-15-6-9-3-10(7-15)5-11(4-9)8-15/h9-12,21H,1-8,16H2,(H,17,19)(H,18,20). The first kappa shape index (κ1) is 14.8. The van der Waals surface area contributed by atoms with Crippen molar-refractivity contribution >= 4 is 11.8 Å². The normalized spacial score (nSPS) is 38.1. The van der Waals surface area contributed by atoms with Gasteiger partial charge in [0.05, 0.1) is 6.04 Å². The van der Waals surface area contributed by atoms with Gasteiger partial charge in [-0.3, -0.25) is 14.8 Å². The maximum atomic E-state index is 12.2. The fourth-order valence-electron chi connectivity index (χ4n) is 5.12. The molecule has 6 nitrogen and oxygen atoms in total. The third kappa shape index (κ3) is 3.06. The SMILES string of the molecule is NC(CCC(=O)NC12CC3CC(CC(C3)C1)C2)C(=O)NO. The van der Waals surface area contributed by atoms with Crippen LogP contribution in [0.3, 0.4) is 0 Å². The van der Waals surface area contributed by atoms with Gasteiger partial charge in [0.25, 0.3) is 5.91 Å². The summed E-state index contributed by atoms with van der Waals surface area (Å²) >= 11 is 0. The highest BCUT2D eigenvalue weighted by molar-refractivity contribution is 5.82. The van der Waals surface area contributed by atoms with E-state index < -0.39 is 11.9 Å². The summed E-state index contributed by atoms with van der Waals surface area (Å²) in [5.74, 6) is 1.72. The molecule has 21 heavy (non-hydrogen) atoms. The van der Waals surface area contributed by atoms with Gasteiger partial charge in [0.1, 0.15) is 0 Å². The highest BCUT2D eigenvalue weighted by Crippen LogP contribution is 2.55. The van der Waals surface area contributed by atoms with Crippen LogP contribution in [-0.4, -0.2) is 28.6 Å². The molecular formula is C15H25N3O3. The van der Waals surface area contributed by atoms with Gasteiger partial charge in [0.2, 0.25) is 5.91 Å². The zero-order valence-electron chi connectivity index (χ0n) is 12.3. The fourth-order valence-corrected chi connectivity index (χ4v) is 5.12. The monoisotopic (exact) mass is 295 g/mol. The molecule has 4 rings (SSSR count). The Balaban J connectivity index is 1.52. The van der Waals surface area contributed by atoms with E-state index in [1.54, 1.807) is 0 Å². The van der Waals surface area contributed by atoms with Crippen LogP contribution < -0.4 is 16.5 Å². The molecule has 4 fully saturated rings. The van der Waals surface area contributed by atoms with Crippen molar-refractivity contribution < 1.29 is 14.8 Å². The molecule has 0 saturated heterocycles. The van der Waals surface area contributed by atoms with Crippen LogP contribution in [0.1, 0.15) is 51.4 Å². The Bertz CT molecular complexity index is 403. The molecule has 0 aromatic carbocycles. The van der Waals surface area contributed by atoms with Crippen LogP contribution in [0.5, 0.6) is 0 Å². The van der Waals surface area contributed by atoms with Crippen molar-refractivity contribution in [3.05, 3.63) is 0 Å². The molecule has 5 N–H and O–H groups in total. The predicted octanol–water partition coefficient (Wildman–Crippen LogP) is 0.684. The van der Waals surface area contributed by atoms with E-state index in [0.29, 0.717) is 0 Å². The zero-order chi connectivity index (χ0) is 15.0. The summed E-state index contributed by atoms with van der Waals surface area (Å²) in [7, 11) is 0. The van der Waals surface area contributed by atoms with E-state index in [1.807, 2.05) is 0 Å². The summed E-state index contributed by atoms with van der Waals surface area (Å²) in [6.45, 7) is 0. The summed E-state index contributed by atoms with van der Waals surface area (Å²) < 4.78 is 0. The molecule has 0 aromatic heterocycles. The average molecular weight is 295 g/mol. The molecule has 0 aromatic rings.